The Morgan fingerprint density at radius 3 is 2.44 bits per heavy atom. The third-order valence-electron chi connectivity index (χ3n) is 5.62. The van der Waals surface area contributed by atoms with Crippen molar-refractivity contribution in [3.63, 3.8) is 0 Å². The molecule has 0 aromatic heterocycles. The van der Waals surface area contributed by atoms with Crippen LogP contribution in [0, 0.1) is 0 Å². The minimum Gasteiger partial charge on any atom is -0.507 e. The molecule has 3 aromatic carbocycles. The Morgan fingerprint density at radius 2 is 1.74 bits per heavy atom. The zero-order chi connectivity index (χ0) is 24.1. The molecule has 174 valence electrons. The topological polar surface area (TPSA) is 76.1 Å². The lowest BCUT2D eigenvalue weighted by Crippen LogP contribution is -2.32. The first-order valence-corrected chi connectivity index (χ1v) is 11.6. The van der Waals surface area contributed by atoms with Crippen LogP contribution in [0.3, 0.4) is 0 Å². The average Bonchev–Trinajstić information content (AvgIpc) is 3.12. The van der Waals surface area contributed by atoms with Gasteiger partial charge in [-0.1, -0.05) is 70.5 Å². The predicted molar refractivity (Wildman–Crippen MR) is 132 cm³/mol. The summed E-state index contributed by atoms with van der Waals surface area (Å²) in [6.45, 7) is 0.844. The quantitative estimate of drug-likeness (QED) is 0.253. The Balaban J connectivity index is 1.73. The van der Waals surface area contributed by atoms with Gasteiger partial charge >= 0.3 is 0 Å². The molecule has 1 aliphatic rings. The normalized spacial score (nSPS) is 17.2. The molecule has 4 rings (SSSR count). The van der Waals surface area contributed by atoms with Crippen molar-refractivity contribution in [3.05, 3.63) is 106 Å². The van der Waals surface area contributed by atoms with Crippen molar-refractivity contribution in [1.82, 2.24) is 4.90 Å². The molecule has 6 nitrogen and oxygen atoms in total. The van der Waals surface area contributed by atoms with Crippen molar-refractivity contribution in [2.24, 2.45) is 0 Å². The number of methoxy groups -OCH3 is 1. The van der Waals surface area contributed by atoms with Crippen molar-refractivity contribution in [2.75, 3.05) is 20.3 Å². The predicted octanol–water partition coefficient (Wildman–Crippen LogP) is 5.10. The molecule has 0 spiro atoms. The van der Waals surface area contributed by atoms with Crippen LogP contribution in [0.25, 0.3) is 5.76 Å². The number of hydrogen-bond donors (Lipinski definition) is 1. The largest absolute Gasteiger partial charge is 0.507 e. The molecule has 1 fully saturated rings. The Bertz CT molecular complexity index is 1210. The summed E-state index contributed by atoms with van der Waals surface area (Å²) in [6.07, 6.45) is 0. The third kappa shape index (κ3) is 5.05. The average molecular weight is 522 g/mol. The maximum absolute atomic E-state index is 13.0. The monoisotopic (exact) mass is 521 g/mol. The number of likely N-dealkylation sites (tertiary alicyclic amines) is 1. The van der Waals surface area contributed by atoms with E-state index in [0.717, 1.165) is 10.0 Å². The summed E-state index contributed by atoms with van der Waals surface area (Å²) in [4.78, 5) is 27.4. The maximum Gasteiger partial charge on any atom is 0.295 e. The van der Waals surface area contributed by atoms with Crippen LogP contribution >= 0.6 is 15.9 Å². The molecule has 1 amide bonds. The number of nitrogens with zero attached hydrogens (tertiary/aromatic N) is 1. The first-order chi connectivity index (χ1) is 16.5. The number of aliphatic hydroxyl groups excluding tert-OH is 1. The van der Waals surface area contributed by atoms with Crippen molar-refractivity contribution in [1.29, 1.82) is 0 Å². The van der Waals surface area contributed by atoms with Gasteiger partial charge in [-0.05, 0) is 35.4 Å². The summed E-state index contributed by atoms with van der Waals surface area (Å²) in [7, 11) is 1.53. The molecule has 7 heteroatoms. The summed E-state index contributed by atoms with van der Waals surface area (Å²) >= 11 is 3.37. The molecule has 1 heterocycles. The van der Waals surface area contributed by atoms with Gasteiger partial charge in [0.1, 0.15) is 18.1 Å². The molecular weight excluding hydrogens is 498 g/mol. The van der Waals surface area contributed by atoms with Crippen LogP contribution in [-0.2, 0) is 20.9 Å². The van der Waals surface area contributed by atoms with E-state index in [4.69, 9.17) is 9.47 Å². The fourth-order valence-electron chi connectivity index (χ4n) is 3.93. The highest BCUT2D eigenvalue weighted by atomic mass is 79.9. The fourth-order valence-corrected chi connectivity index (χ4v) is 4.19. The van der Waals surface area contributed by atoms with Crippen molar-refractivity contribution < 1.29 is 24.2 Å². The molecule has 1 unspecified atom stereocenters. The van der Waals surface area contributed by atoms with Crippen LogP contribution in [0.15, 0.2) is 88.9 Å². The van der Waals surface area contributed by atoms with Gasteiger partial charge in [0, 0.05) is 23.7 Å². The van der Waals surface area contributed by atoms with E-state index >= 15 is 0 Å². The number of Topliss-reactive ketones (excluding diaryl/α,β-unsaturated/α-hetero) is 1. The van der Waals surface area contributed by atoms with Gasteiger partial charge in [0.25, 0.3) is 11.7 Å². The molecule has 0 radical (unpaired) electrons. The number of ketones is 1. The SMILES string of the molecule is COCCN1C(=O)C(=O)/C(=C(\O)c2ccc(Br)cc2)C1c1cccc(OCc2ccccc2)c1. The smallest absolute Gasteiger partial charge is 0.295 e. The summed E-state index contributed by atoms with van der Waals surface area (Å²) in [5, 5.41) is 11.1. The second kappa shape index (κ2) is 10.7. The Labute approximate surface area is 206 Å². The minimum atomic E-state index is -0.765. The second-order valence-electron chi connectivity index (χ2n) is 7.84. The summed E-state index contributed by atoms with van der Waals surface area (Å²) in [6, 6.07) is 23.2. The number of hydrogen-bond acceptors (Lipinski definition) is 5. The number of amides is 1. The van der Waals surface area contributed by atoms with E-state index in [-0.39, 0.29) is 24.5 Å². The number of carbonyl (C=O) groups excluding carboxylic acids is 2. The van der Waals surface area contributed by atoms with Gasteiger partial charge in [-0.2, -0.15) is 0 Å². The second-order valence-corrected chi connectivity index (χ2v) is 8.75. The van der Waals surface area contributed by atoms with Crippen LogP contribution in [0.5, 0.6) is 5.75 Å². The molecular formula is C27H24BrNO5. The first kappa shape index (κ1) is 23.7. The number of carbonyl (C=O) groups is 2. The van der Waals surface area contributed by atoms with Crippen LogP contribution < -0.4 is 4.74 Å². The van der Waals surface area contributed by atoms with E-state index in [1.165, 1.54) is 12.0 Å². The number of rotatable bonds is 8. The fraction of sp³-hybridized carbons (Fsp3) is 0.185. The highest BCUT2D eigenvalue weighted by Gasteiger charge is 2.46. The van der Waals surface area contributed by atoms with Crippen LogP contribution in [0.1, 0.15) is 22.7 Å². The van der Waals surface area contributed by atoms with E-state index in [9.17, 15) is 14.7 Å². The Kier molecular flexibility index (Phi) is 7.45. The van der Waals surface area contributed by atoms with Crippen molar-refractivity contribution in [2.45, 2.75) is 12.6 Å². The van der Waals surface area contributed by atoms with Gasteiger partial charge in [0.2, 0.25) is 0 Å². The van der Waals surface area contributed by atoms with Gasteiger partial charge in [0.05, 0.1) is 18.2 Å². The molecule has 0 aliphatic carbocycles. The molecule has 34 heavy (non-hydrogen) atoms. The zero-order valence-corrected chi connectivity index (χ0v) is 20.2. The zero-order valence-electron chi connectivity index (χ0n) is 18.6. The highest BCUT2D eigenvalue weighted by molar-refractivity contribution is 9.10. The Hall–Kier alpha value is -3.42. The third-order valence-corrected chi connectivity index (χ3v) is 6.14. The molecule has 1 atom stereocenters. The van der Waals surface area contributed by atoms with Gasteiger partial charge in [0.15, 0.2) is 0 Å². The lowest BCUT2D eigenvalue weighted by molar-refractivity contribution is -0.140. The van der Waals surface area contributed by atoms with Gasteiger partial charge in [-0.15, -0.1) is 0 Å². The summed E-state index contributed by atoms with van der Waals surface area (Å²) in [5.74, 6) is -1.01. The van der Waals surface area contributed by atoms with Gasteiger partial charge in [-0.25, -0.2) is 0 Å². The van der Waals surface area contributed by atoms with E-state index in [0.29, 0.717) is 23.5 Å². The number of halogens is 1. The van der Waals surface area contributed by atoms with E-state index in [2.05, 4.69) is 15.9 Å². The first-order valence-electron chi connectivity index (χ1n) is 10.8. The number of benzene rings is 3. The van der Waals surface area contributed by atoms with Crippen molar-refractivity contribution in [3.8, 4) is 5.75 Å². The maximum atomic E-state index is 13.0. The lowest BCUT2D eigenvalue weighted by atomic mass is 9.95. The van der Waals surface area contributed by atoms with Gasteiger partial charge < -0.3 is 19.5 Å². The van der Waals surface area contributed by atoms with Gasteiger partial charge in [-0.3, -0.25) is 9.59 Å². The molecule has 0 saturated carbocycles. The minimum absolute atomic E-state index is 0.0450. The summed E-state index contributed by atoms with van der Waals surface area (Å²) in [5.41, 5.74) is 2.19. The van der Waals surface area contributed by atoms with E-state index in [1.54, 1.807) is 30.3 Å². The summed E-state index contributed by atoms with van der Waals surface area (Å²) < 4.78 is 12.0. The molecule has 1 aliphatic heterocycles. The standard InChI is InChI=1S/C27H24BrNO5/c1-33-15-14-29-24(20-8-5-9-22(16-20)34-17-18-6-3-2-4-7-18)23(26(31)27(29)32)25(30)19-10-12-21(28)13-11-19/h2-13,16,24,30H,14-15,17H2,1H3/b25-23-. The van der Waals surface area contributed by atoms with Crippen LogP contribution in [0.2, 0.25) is 0 Å². The Morgan fingerprint density at radius 1 is 1.00 bits per heavy atom. The van der Waals surface area contributed by atoms with Crippen LogP contribution in [-0.4, -0.2) is 42.0 Å². The molecule has 1 N–H and O–H groups in total. The van der Waals surface area contributed by atoms with E-state index in [1.807, 2.05) is 48.5 Å². The van der Waals surface area contributed by atoms with E-state index < -0.39 is 17.7 Å². The molecule has 1 saturated heterocycles. The molecule has 0 bridgehead atoms. The van der Waals surface area contributed by atoms with Crippen molar-refractivity contribution >= 4 is 33.4 Å². The lowest BCUT2D eigenvalue weighted by Gasteiger charge is -2.25. The number of aliphatic hydroxyl groups is 1. The molecule has 3 aromatic rings. The highest BCUT2D eigenvalue weighted by Crippen LogP contribution is 2.40. The van der Waals surface area contributed by atoms with Crippen LogP contribution in [0.4, 0.5) is 0 Å². The number of ether oxygens (including phenoxy) is 2.